The second-order valence-corrected chi connectivity index (χ2v) is 7.32. The predicted octanol–water partition coefficient (Wildman–Crippen LogP) is 2.60. The summed E-state index contributed by atoms with van der Waals surface area (Å²) in [6.45, 7) is 6.36. The van der Waals surface area contributed by atoms with Gasteiger partial charge in [-0.15, -0.1) is 0 Å². The lowest BCUT2D eigenvalue weighted by atomic mass is 9.87. The van der Waals surface area contributed by atoms with Gasteiger partial charge in [-0.3, -0.25) is 4.90 Å². The van der Waals surface area contributed by atoms with Crippen LogP contribution in [0.25, 0.3) is 0 Å². The Labute approximate surface area is 124 Å². The molecule has 1 saturated carbocycles. The highest BCUT2D eigenvalue weighted by Crippen LogP contribution is 2.33. The molecule has 3 fully saturated rings. The van der Waals surface area contributed by atoms with E-state index in [1.54, 1.807) is 0 Å². The highest BCUT2D eigenvalue weighted by molar-refractivity contribution is 4.93. The zero-order chi connectivity index (χ0) is 13.9. The molecule has 0 aromatic rings. The minimum Gasteiger partial charge on any atom is -0.328 e. The summed E-state index contributed by atoms with van der Waals surface area (Å²) in [4.78, 5) is 5.64. The first-order chi connectivity index (χ1) is 9.78. The minimum atomic E-state index is 0.478. The summed E-state index contributed by atoms with van der Waals surface area (Å²) in [7, 11) is 0. The fourth-order valence-electron chi connectivity index (χ4n) is 4.86. The first kappa shape index (κ1) is 14.8. The van der Waals surface area contributed by atoms with E-state index >= 15 is 0 Å². The van der Waals surface area contributed by atoms with Crippen molar-refractivity contribution in [3.63, 3.8) is 0 Å². The second kappa shape index (κ2) is 6.76. The zero-order valence-corrected chi connectivity index (χ0v) is 13.3. The van der Waals surface area contributed by atoms with Crippen LogP contribution in [0.1, 0.15) is 64.7 Å². The molecule has 2 atom stereocenters. The molecule has 0 bridgehead atoms. The molecule has 0 aromatic heterocycles. The summed E-state index contributed by atoms with van der Waals surface area (Å²) in [5.74, 6) is 0. The van der Waals surface area contributed by atoms with E-state index in [-0.39, 0.29) is 0 Å². The molecule has 3 nitrogen and oxygen atoms in total. The van der Waals surface area contributed by atoms with Crippen LogP contribution in [0.2, 0.25) is 0 Å². The van der Waals surface area contributed by atoms with E-state index in [2.05, 4.69) is 16.7 Å². The molecule has 2 aliphatic heterocycles. The van der Waals surface area contributed by atoms with Crippen molar-refractivity contribution < 1.29 is 0 Å². The summed E-state index contributed by atoms with van der Waals surface area (Å²) in [5.41, 5.74) is 6.09. The van der Waals surface area contributed by atoms with Gasteiger partial charge in [0.2, 0.25) is 0 Å². The molecular weight excluding hydrogens is 246 g/mol. The number of nitrogens with zero attached hydrogens (tertiary/aromatic N) is 2. The number of hydrogen-bond donors (Lipinski definition) is 1. The highest BCUT2D eigenvalue weighted by atomic mass is 15.2. The fourth-order valence-corrected chi connectivity index (χ4v) is 4.86. The van der Waals surface area contributed by atoms with Crippen molar-refractivity contribution in [1.29, 1.82) is 0 Å². The zero-order valence-electron chi connectivity index (χ0n) is 13.3. The van der Waals surface area contributed by atoms with E-state index in [1.165, 1.54) is 77.4 Å². The van der Waals surface area contributed by atoms with Crippen LogP contribution < -0.4 is 5.73 Å². The standard InChI is InChI=1S/C17H33N3/c1-2-10-20(15-7-5-14(18)6-8-15)17-9-12-19-11-3-4-16(19)13-17/h14-17H,2-13,18H2,1H3. The smallest absolute Gasteiger partial charge is 0.0125 e. The summed E-state index contributed by atoms with van der Waals surface area (Å²) < 4.78 is 0. The Morgan fingerprint density at radius 3 is 2.55 bits per heavy atom. The van der Waals surface area contributed by atoms with Crippen molar-refractivity contribution in [2.24, 2.45) is 5.73 Å². The first-order valence-electron chi connectivity index (χ1n) is 9.03. The lowest BCUT2D eigenvalue weighted by Gasteiger charge is -2.45. The van der Waals surface area contributed by atoms with Crippen LogP contribution in [0.4, 0.5) is 0 Å². The number of nitrogens with two attached hydrogens (primary N) is 1. The van der Waals surface area contributed by atoms with E-state index < -0.39 is 0 Å². The van der Waals surface area contributed by atoms with Gasteiger partial charge in [-0.05, 0) is 77.4 Å². The van der Waals surface area contributed by atoms with Crippen LogP contribution in [0, 0.1) is 0 Å². The fraction of sp³-hybridized carbons (Fsp3) is 1.00. The molecule has 2 unspecified atom stereocenters. The van der Waals surface area contributed by atoms with Crippen molar-refractivity contribution in [3.8, 4) is 0 Å². The summed E-state index contributed by atoms with van der Waals surface area (Å²) in [6, 6.07) is 3.06. The average Bonchev–Trinajstić information content (AvgIpc) is 2.93. The number of hydrogen-bond acceptors (Lipinski definition) is 3. The SMILES string of the molecule is CCCN(C1CCC(N)CC1)C1CCN2CCCC2C1. The van der Waals surface area contributed by atoms with Gasteiger partial charge in [0, 0.05) is 24.2 Å². The van der Waals surface area contributed by atoms with Crippen molar-refractivity contribution in [3.05, 3.63) is 0 Å². The lowest BCUT2D eigenvalue weighted by molar-refractivity contribution is 0.0421. The molecule has 3 rings (SSSR count). The van der Waals surface area contributed by atoms with E-state index in [0.717, 1.165) is 18.1 Å². The van der Waals surface area contributed by atoms with Gasteiger partial charge in [0.05, 0.1) is 0 Å². The normalized spacial score (nSPS) is 39.1. The molecule has 0 amide bonds. The van der Waals surface area contributed by atoms with Crippen LogP contribution in [0.3, 0.4) is 0 Å². The molecule has 20 heavy (non-hydrogen) atoms. The Balaban J connectivity index is 1.61. The van der Waals surface area contributed by atoms with Crippen LogP contribution in [-0.4, -0.2) is 53.6 Å². The van der Waals surface area contributed by atoms with Gasteiger partial charge in [0.25, 0.3) is 0 Å². The van der Waals surface area contributed by atoms with E-state index in [9.17, 15) is 0 Å². The molecular formula is C17H33N3. The van der Waals surface area contributed by atoms with Gasteiger partial charge in [-0.25, -0.2) is 0 Å². The van der Waals surface area contributed by atoms with E-state index in [4.69, 9.17) is 5.73 Å². The molecule has 116 valence electrons. The number of fused-ring (bicyclic) bond motifs is 1. The quantitative estimate of drug-likeness (QED) is 0.858. The molecule has 0 radical (unpaired) electrons. The summed E-state index contributed by atoms with van der Waals surface area (Å²) >= 11 is 0. The monoisotopic (exact) mass is 279 g/mol. The predicted molar refractivity (Wildman–Crippen MR) is 84.8 cm³/mol. The van der Waals surface area contributed by atoms with Gasteiger partial charge < -0.3 is 10.6 Å². The van der Waals surface area contributed by atoms with Crippen LogP contribution >= 0.6 is 0 Å². The Bertz CT molecular complexity index is 299. The molecule has 0 aromatic carbocycles. The maximum absolute atomic E-state index is 6.09. The third-order valence-corrected chi connectivity index (χ3v) is 5.95. The molecule has 2 saturated heterocycles. The molecule has 0 spiro atoms. The van der Waals surface area contributed by atoms with Gasteiger partial charge in [-0.2, -0.15) is 0 Å². The van der Waals surface area contributed by atoms with Crippen LogP contribution in [0.5, 0.6) is 0 Å². The van der Waals surface area contributed by atoms with Crippen molar-refractivity contribution >= 4 is 0 Å². The summed E-state index contributed by atoms with van der Waals surface area (Å²) in [5, 5.41) is 0. The Hall–Kier alpha value is -0.120. The largest absolute Gasteiger partial charge is 0.328 e. The minimum absolute atomic E-state index is 0.478. The highest BCUT2D eigenvalue weighted by Gasteiger charge is 2.36. The molecule has 2 heterocycles. The average molecular weight is 279 g/mol. The third kappa shape index (κ3) is 3.20. The van der Waals surface area contributed by atoms with Gasteiger partial charge in [-0.1, -0.05) is 6.92 Å². The van der Waals surface area contributed by atoms with Crippen molar-refractivity contribution in [2.45, 2.75) is 88.9 Å². The lowest BCUT2D eigenvalue weighted by Crippen LogP contribution is -2.52. The number of rotatable bonds is 4. The number of piperidine rings is 1. The van der Waals surface area contributed by atoms with Crippen LogP contribution in [0.15, 0.2) is 0 Å². The third-order valence-electron chi connectivity index (χ3n) is 5.95. The van der Waals surface area contributed by atoms with Crippen molar-refractivity contribution in [1.82, 2.24) is 9.80 Å². The topological polar surface area (TPSA) is 32.5 Å². The molecule has 3 heteroatoms. The van der Waals surface area contributed by atoms with Crippen LogP contribution in [-0.2, 0) is 0 Å². The second-order valence-electron chi connectivity index (χ2n) is 7.32. The molecule has 2 N–H and O–H groups in total. The van der Waals surface area contributed by atoms with E-state index in [1.807, 2.05) is 0 Å². The first-order valence-corrected chi connectivity index (χ1v) is 9.03. The Morgan fingerprint density at radius 2 is 1.80 bits per heavy atom. The van der Waals surface area contributed by atoms with Gasteiger partial charge in [0.1, 0.15) is 0 Å². The molecule has 1 aliphatic carbocycles. The Kier molecular flexibility index (Phi) is 5.00. The van der Waals surface area contributed by atoms with E-state index in [0.29, 0.717) is 6.04 Å². The Morgan fingerprint density at radius 1 is 1.00 bits per heavy atom. The van der Waals surface area contributed by atoms with Gasteiger partial charge in [0.15, 0.2) is 0 Å². The molecule has 3 aliphatic rings. The van der Waals surface area contributed by atoms with Crippen molar-refractivity contribution in [2.75, 3.05) is 19.6 Å². The maximum atomic E-state index is 6.09. The summed E-state index contributed by atoms with van der Waals surface area (Å²) in [6.07, 6.45) is 12.2. The maximum Gasteiger partial charge on any atom is 0.0125 e. The van der Waals surface area contributed by atoms with Gasteiger partial charge >= 0.3 is 0 Å².